The van der Waals surface area contributed by atoms with E-state index in [1.165, 1.54) is 21.9 Å². The molecule has 0 spiro atoms. The van der Waals surface area contributed by atoms with Gasteiger partial charge in [-0.15, -0.1) is 11.3 Å². The van der Waals surface area contributed by atoms with E-state index >= 15 is 0 Å². The second-order valence-corrected chi connectivity index (χ2v) is 7.69. The molecule has 0 bridgehead atoms. The van der Waals surface area contributed by atoms with E-state index in [2.05, 4.69) is 9.72 Å². The molecule has 0 unspecified atom stereocenters. The Morgan fingerprint density at radius 1 is 1.46 bits per heavy atom. The second kappa shape index (κ2) is 6.24. The van der Waals surface area contributed by atoms with E-state index < -0.39 is 12.1 Å². The van der Waals surface area contributed by atoms with Crippen LogP contribution in [0, 0.1) is 0 Å². The number of aromatic nitrogens is 3. The summed E-state index contributed by atoms with van der Waals surface area (Å²) in [4.78, 5) is 16.1. The highest BCUT2D eigenvalue weighted by Gasteiger charge is 2.43. The molecule has 5 nitrogen and oxygen atoms in total. The number of pyridine rings is 1. The van der Waals surface area contributed by atoms with Crippen molar-refractivity contribution in [1.82, 2.24) is 9.55 Å². The molecule has 1 aliphatic carbocycles. The van der Waals surface area contributed by atoms with Crippen molar-refractivity contribution in [3.8, 4) is 5.88 Å². The lowest BCUT2D eigenvalue weighted by Gasteiger charge is -2.03. The molecule has 3 aromatic heterocycles. The molecule has 1 aliphatic rings. The highest BCUT2D eigenvalue weighted by Crippen LogP contribution is 2.41. The predicted octanol–water partition coefficient (Wildman–Crippen LogP) is 3.73. The number of carbonyl (C=O) groups excluding carboxylic acids is 1. The van der Waals surface area contributed by atoms with Crippen molar-refractivity contribution in [3.05, 3.63) is 45.6 Å². The number of fused-ring (bicyclic) bond motifs is 1. The van der Waals surface area contributed by atoms with Crippen molar-refractivity contribution in [2.24, 2.45) is 0 Å². The van der Waals surface area contributed by atoms with Gasteiger partial charge in [-0.1, -0.05) is 11.6 Å². The number of imidazole rings is 1. The van der Waals surface area contributed by atoms with Crippen LogP contribution in [0.4, 0.5) is 13.2 Å². The maximum Gasteiger partial charge on any atom is 0.491 e. The van der Waals surface area contributed by atoms with Crippen LogP contribution in [0.3, 0.4) is 0 Å². The van der Waals surface area contributed by atoms with Crippen LogP contribution in [0.2, 0.25) is 4.47 Å². The Morgan fingerprint density at radius 3 is 2.85 bits per heavy atom. The zero-order valence-corrected chi connectivity index (χ0v) is 14.7. The summed E-state index contributed by atoms with van der Waals surface area (Å²) in [5.74, 6) is -2.07. The molecular formula is C16H12ClF3N3O2S+. The molecule has 3 aromatic rings. The van der Waals surface area contributed by atoms with E-state index in [9.17, 15) is 18.0 Å². The zero-order valence-electron chi connectivity index (χ0n) is 13.2. The molecule has 0 aromatic carbocycles. The van der Waals surface area contributed by atoms with E-state index in [0.717, 1.165) is 23.3 Å². The first-order valence-electron chi connectivity index (χ1n) is 7.75. The fraction of sp³-hybridized carbons (Fsp3) is 0.312. The van der Waals surface area contributed by atoms with Crippen LogP contribution in [0.5, 0.6) is 5.88 Å². The third-order valence-corrected chi connectivity index (χ3v) is 5.17. The SMILES string of the molecule is O=C(Oc1cn(Cc2cnc(Cl)s2)c2c(C3CC3)ccc[n+]12)C(F)(F)F. The molecule has 0 radical (unpaired) electrons. The highest BCUT2D eigenvalue weighted by molar-refractivity contribution is 7.15. The predicted molar refractivity (Wildman–Crippen MR) is 87.5 cm³/mol. The second-order valence-electron chi connectivity index (χ2n) is 5.99. The number of nitrogens with zero attached hydrogens (tertiary/aromatic N) is 3. The number of thiazole rings is 1. The highest BCUT2D eigenvalue weighted by atomic mass is 35.5. The van der Waals surface area contributed by atoms with Crippen molar-refractivity contribution >= 4 is 34.6 Å². The smallest absolute Gasteiger partial charge is 0.380 e. The minimum atomic E-state index is -5.06. The van der Waals surface area contributed by atoms with Gasteiger partial charge in [-0.2, -0.15) is 17.6 Å². The van der Waals surface area contributed by atoms with E-state index in [0.29, 0.717) is 22.6 Å². The Morgan fingerprint density at radius 2 is 2.23 bits per heavy atom. The summed E-state index contributed by atoms with van der Waals surface area (Å²) in [6.07, 6.45) is 1.58. The van der Waals surface area contributed by atoms with Gasteiger partial charge in [0.2, 0.25) is 0 Å². The lowest BCUT2D eigenvalue weighted by molar-refractivity contribution is -0.519. The number of hydrogen-bond donors (Lipinski definition) is 0. The van der Waals surface area contributed by atoms with Crippen molar-refractivity contribution in [2.45, 2.75) is 31.5 Å². The van der Waals surface area contributed by atoms with Crippen molar-refractivity contribution in [2.75, 3.05) is 0 Å². The van der Waals surface area contributed by atoms with Gasteiger partial charge in [0.1, 0.15) is 6.54 Å². The molecule has 0 atom stereocenters. The first-order valence-corrected chi connectivity index (χ1v) is 8.95. The van der Waals surface area contributed by atoms with E-state index in [-0.39, 0.29) is 5.88 Å². The molecule has 0 aliphatic heterocycles. The molecule has 4 rings (SSSR count). The Balaban J connectivity index is 1.80. The van der Waals surface area contributed by atoms with Crippen LogP contribution in [0.25, 0.3) is 5.65 Å². The third kappa shape index (κ3) is 3.28. The first-order chi connectivity index (χ1) is 12.3. The van der Waals surface area contributed by atoms with Crippen LogP contribution in [0.15, 0.2) is 30.7 Å². The van der Waals surface area contributed by atoms with Crippen LogP contribution in [-0.2, 0) is 11.3 Å². The van der Waals surface area contributed by atoms with Crippen LogP contribution < -0.4 is 9.14 Å². The van der Waals surface area contributed by atoms with Gasteiger partial charge in [0.05, 0.1) is 11.1 Å². The summed E-state index contributed by atoms with van der Waals surface area (Å²) in [5.41, 5.74) is 1.71. The number of carbonyl (C=O) groups is 1. The average Bonchev–Trinajstić information content (AvgIpc) is 3.26. The maximum atomic E-state index is 12.6. The quantitative estimate of drug-likeness (QED) is 0.493. The van der Waals surface area contributed by atoms with Gasteiger partial charge in [0.15, 0.2) is 10.7 Å². The summed E-state index contributed by atoms with van der Waals surface area (Å²) in [7, 11) is 0. The molecular weight excluding hydrogens is 391 g/mol. The monoisotopic (exact) mass is 402 g/mol. The van der Waals surface area contributed by atoms with Crippen molar-refractivity contribution in [3.63, 3.8) is 0 Å². The molecule has 1 fully saturated rings. The van der Waals surface area contributed by atoms with Crippen LogP contribution in [-0.4, -0.2) is 21.7 Å². The molecule has 26 heavy (non-hydrogen) atoms. The van der Waals surface area contributed by atoms with Crippen LogP contribution in [0.1, 0.15) is 29.2 Å². The van der Waals surface area contributed by atoms with Gasteiger partial charge in [-0.3, -0.25) is 0 Å². The Kier molecular flexibility index (Phi) is 4.15. The van der Waals surface area contributed by atoms with E-state index in [4.69, 9.17) is 11.6 Å². The summed E-state index contributed by atoms with van der Waals surface area (Å²) in [5, 5.41) is 0. The summed E-state index contributed by atoms with van der Waals surface area (Å²) >= 11 is 7.14. The minimum Gasteiger partial charge on any atom is -0.380 e. The molecule has 0 N–H and O–H groups in total. The summed E-state index contributed by atoms with van der Waals surface area (Å²) in [6, 6.07) is 3.68. The molecule has 10 heteroatoms. The van der Waals surface area contributed by atoms with Crippen LogP contribution >= 0.6 is 22.9 Å². The lowest BCUT2D eigenvalue weighted by atomic mass is 10.2. The molecule has 0 saturated heterocycles. The fourth-order valence-electron chi connectivity index (χ4n) is 2.84. The van der Waals surface area contributed by atoms with E-state index in [1.807, 2.05) is 6.07 Å². The standard InChI is InChI=1S/C16H12ClF3N3O2S/c17-15-21-6-10(26-15)7-22-8-12(25-14(24)16(18,19)20)23-5-1-2-11(13(22)23)9-3-4-9/h1-2,5-6,8-9H,3-4,7H2/q+1. The number of hydrogen-bond acceptors (Lipinski definition) is 4. The number of alkyl halides is 3. The zero-order chi connectivity index (χ0) is 18.5. The van der Waals surface area contributed by atoms with Gasteiger partial charge >= 0.3 is 18.0 Å². The van der Waals surface area contributed by atoms with Gasteiger partial charge in [-0.25, -0.2) is 14.3 Å². The molecule has 0 amide bonds. The first kappa shape index (κ1) is 17.3. The molecule has 3 heterocycles. The number of esters is 1. The Hall–Kier alpha value is -2.13. The van der Waals surface area contributed by atoms with Crippen molar-refractivity contribution < 1.29 is 27.1 Å². The maximum absolute atomic E-state index is 12.6. The van der Waals surface area contributed by atoms with Crippen molar-refractivity contribution in [1.29, 1.82) is 0 Å². The number of rotatable bonds is 4. The Labute approximate surface area is 154 Å². The normalized spacial score (nSPS) is 14.8. The van der Waals surface area contributed by atoms with E-state index in [1.54, 1.807) is 23.0 Å². The summed E-state index contributed by atoms with van der Waals surface area (Å²) in [6.45, 7) is 0.362. The summed E-state index contributed by atoms with van der Waals surface area (Å²) < 4.78 is 46.0. The fourth-order valence-corrected chi connectivity index (χ4v) is 3.82. The lowest BCUT2D eigenvalue weighted by Crippen LogP contribution is -2.32. The minimum absolute atomic E-state index is 0.180. The molecule has 1 saturated carbocycles. The molecule has 136 valence electrons. The third-order valence-electron chi connectivity index (χ3n) is 4.07. The average molecular weight is 403 g/mol. The van der Waals surface area contributed by atoms with Gasteiger partial charge < -0.3 is 4.74 Å². The topological polar surface area (TPSA) is 48.2 Å². The number of halogens is 4. The largest absolute Gasteiger partial charge is 0.491 e. The number of ether oxygens (including phenoxy) is 1. The van der Waals surface area contributed by atoms with Gasteiger partial charge in [0.25, 0.3) is 5.65 Å². The van der Waals surface area contributed by atoms with Gasteiger partial charge in [-0.05, 0) is 30.9 Å². The Bertz CT molecular complexity index is 994. The van der Waals surface area contributed by atoms with Gasteiger partial charge in [0, 0.05) is 11.8 Å².